The molecule has 62 heavy (non-hydrogen) atoms. The average molecular weight is 856 g/mol. The standard InChI is InChI=1S/C46H62FN9O6/c1-32-26-36(57)30-55(32)45(60)44(46(2,3)4)51-42(58)15-22-61-24-25-62-23-16-48-43(59)31-52-18-20-53(21-19-52)41-12-6-10-37(50-41)39-28-49-40-14-13-35(29-56(39)40)54-17-7-11-38(54)33-8-5-9-34(47)27-33/h5-6,8-10,12-14,27-29,32,36,38,44,57H,7,11,15-26,30-31H2,1-4H3,(H,48,59)(H,51,58)/t32-,36-,38-,44-/m1/s1. The molecule has 3 aliphatic heterocycles. The summed E-state index contributed by atoms with van der Waals surface area (Å²) in [6.07, 6.45) is 6.07. The van der Waals surface area contributed by atoms with E-state index in [4.69, 9.17) is 14.5 Å². The monoisotopic (exact) mass is 855 g/mol. The molecule has 3 N–H and O–H groups in total. The number of halogens is 1. The number of β-amino-alcohol motifs (C(OH)–C–C–N with tert-alkyl or cyclic N) is 1. The molecule has 1 aromatic carbocycles. The minimum Gasteiger partial charge on any atom is -0.391 e. The molecule has 3 fully saturated rings. The van der Waals surface area contributed by atoms with Crippen LogP contribution in [0.1, 0.15) is 65.0 Å². The van der Waals surface area contributed by atoms with Crippen molar-refractivity contribution >= 4 is 34.9 Å². The Morgan fingerprint density at radius 3 is 2.47 bits per heavy atom. The molecular formula is C46H62FN9O6. The van der Waals surface area contributed by atoms with E-state index in [2.05, 4.69) is 47.0 Å². The van der Waals surface area contributed by atoms with Gasteiger partial charge in [-0.2, -0.15) is 0 Å². The second-order valence-electron chi connectivity index (χ2n) is 17.7. The topological polar surface area (TPSA) is 157 Å². The Balaban J connectivity index is 0.789. The van der Waals surface area contributed by atoms with Crippen molar-refractivity contribution in [2.24, 2.45) is 5.41 Å². The predicted octanol–water partition coefficient (Wildman–Crippen LogP) is 4.05. The molecule has 3 aromatic heterocycles. The fourth-order valence-corrected chi connectivity index (χ4v) is 8.71. The van der Waals surface area contributed by atoms with Gasteiger partial charge in [0.25, 0.3) is 0 Å². The number of hydrogen-bond donors (Lipinski definition) is 3. The summed E-state index contributed by atoms with van der Waals surface area (Å²) in [6.45, 7) is 13.6. The summed E-state index contributed by atoms with van der Waals surface area (Å²) >= 11 is 0. The number of nitrogens with zero attached hydrogens (tertiary/aromatic N) is 7. The Bertz CT molecular complexity index is 2150. The summed E-state index contributed by atoms with van der Waals surface area (Å²) in [4.78, 5) is 56.8. The van der Waals surface area contributed by atoms with E-state index in [0.29, 0.717) is 39.3 Å². The van der Waals surface area contributed by atoms with Crippen LogP contribution in [-0.4, -0.2) is 144 Å². The highest BCUT2D eigenvalue weighted by molar-refractivity contribution is 5.88. The maximum Gasteiger partial charge on any atom is 0.246 e. The number of amides is 3. The molecule has 0 aliphatic carbocycles. The zero-order valence-corrected chi connectivity index (χ0v) is 36.5. The molecule has 0 spiro atoms. The van der Waals surface area contributed by atoms with Crippen LogP contribution in [0.2, 0.25) is 0 Å². The van der Waals surface area contributed by atoms with Gasteiger partial charge < -0.3 is 39.9 Å². The third-order valence-electron chi connectivity index (χ3n) is 12.0. The molecule has 334 valence electrons. The van der Waals surface area contributed by atoms with Crippen LogP contribution in [0.5, 0.6) is 0 Å². The van der Waals surface area contributed by atoms with E-state index in [1.807, 2.05) is 64.2 Å². The summed E-state index contributed by atoms with van der Waals surface area (Å²) in [5, 5.41) is 15.8. The average Bonchev–Trinajstić information content (AvgIpc) is 4.00. The first-order valence-electron chi connectivity index (χ1n) is 22.0. The summed E-state index contributed by atoms with van der Waals surface area (Å²) in [7, 11) is 0. The van der Waals surface area contributed by atoms with Crippen molar-refractivity contribution in [2.75, 3.05) is 88.6 Å². The molecule has 7 rings (SSSR count). The molecule has 6 heterocycles. The normalized spacial score (nSPS) is 20.2. The van der Waals surface area contributed by atoms with Crippen LogP contribution in [0.4, 0.5) is 15.9 Å². The maximum absolute atomic E-state index is 14.1. The number of imidazole rings is 1. The van der Waals surface area contributed by atoms with Crippen LogP contribution in [0.3, 0.4) is 0 Å². The van der Waals surface area contributed by atoms with Gasteiger partial charge >= 0.3 is 0 Å². The number of carbonyl (C=O) groups is 3. The molecule has 15 nitrogen and oxygen atoms in total. The number of likely N-dealkylation sites (tertiary alicyclic amines) is 1. The number of ether oxygens (including phenoxy) is 2. The van der Waals surface area contributed by atoms with Gasteiger partial charge in [-0.15, -0.1) is 0 Å². The number of benzene rings is 1. The van der Waals surface area contributed by atoms with Crippen molar-refractivity contribution < 1.29 is 33.4 Å². The largest absolute Gasteiger partial charge is 0.391 e. The third-order valence-corrected chi connectivity index (χ3v) is 12.0. The molecule has 0 radical (unpaired) electrons. The SMILES string of the molecule is C[C@@H]1C[C@@H](O)CN1C(=O)[C@@H](NC(=O)CCOCCOCCNC(=O)CN1CCN(c2cccc(-c3cnc4ccc(N5CCC[C@@H]5c5cccc(F)c5)cn34)n2)CC1)C(C)(C)C. The van der Waals surface area contributed by atoms with E-state index in [-0.39, 0.29) is 55.2 Å². The van der Waals surface area contributed by atoms with Crippen LogP contribution < -0.4 is 20.4 Å². The zero-order valence-electron chi connectivity index (χ0n) is 36.5. The minimum absolute atomic E-state index is 0.0602. The number of rotatable bonds is 17. The van der Waals surface area contributed by atoms with E-state index in [1.54, 1.807) is 17.0 Å². The number of carbonyl (C=O) groups excluding carboxylic acids is 3. The van der Waals surface area contributed by atoms with Gasteiger partial charge in [0, 0.05) is 64.5 Å². The number of aliphatic hydroxyl groups excluding tert-OH is 1. The molecule has 0 saturated carbocycles. The molecule has 4 atom stereocenters. The molecular weight excluding hydrogens is 794 g/mol. The number of aromatic nitrogens is 3. The Morgan fingerprint density at radius 2 is 1.73 bits per heavy atom. The Kier molecular flexibility index (Phi) is 14.7. The van der Waals surface area contributed by atoms with Gasteiger partial charge in [-0.1, -0.05) is 39.0 Å². The van der Waals surface area contributed by atoms with Gasteiger partial charge in [-0.3, -0.25) is 23.7 Å². The molecule has 3 amide bonds. The third kappa shape index (κ3) is 11.3. The quantitative estimate of drug-likeness (QED) is 0.132. The van der Waals surface area contributed by atoms with Crippen LogP contribution in [0.15, 0.2) is 67.0 Å². The Labute approximate surface area is 363 Å². The van der Waals surface area contributed by atoms with Crippen molar-refractivity contribution in [3.8, 4) is 11.4 Å². The number of aliphatic hydroxyl groups is 1. The number of piperazine rings is 1. The van der Waals surface area contributed by atoms with Crippen LogP contribution in [0.25, 0.3) is 17.0 Å². The maximum atomic E-state index is 14.1. The van der Waals surface area contributed by atoms with Crippen molar-refractivity contribution in [1.82, 2.24) is 34.8 Å². The van der Waals surface area contributed by atoms with Gasteiger partial charge in [0.1, 0.15) is 23.3 Å². The summed E-state index contributed by atoms with van der Waals surface area (Å²) in [5.41, 5.74) is 4.10. The highest BCUT2D eigenvalue weighted by atomic mass is 19.1. The molecule has 3 aliphatic rings. The summed E-state index contributed by atoms with van der Waals surface area (Å²) in [6, 6.07) is 16.4. The van der Waals surface area contributed by atoms with Gasteiger partial charge in [-0.05, 0) is 73.6 Å². The number of nitrogens with one attached hydrogen (secondary N) is 2. The van der Waals surface area contributed by atoms with E-state index >= 15 is 0 Å². The van der Waals surface area contributed by atoms with Gasteiger partial charge in [0.15, 0.2) is 0 Å². The fraction of sp³-hybridized carbons (Fsp3) is 0.543. The number of anilines is 2. The lowest BCUT2D eigenvalue weighted by Crippen LogP contribution is -2.55. The van der Waals surface area contributed by atoms with E-state index < -0.39 is 17.6 Å². The van der Waals surface area contributed by atoms with Gasteiger partial charge in [0.2, 0.25) is 17.7 Å². The lowest BCUT2D eigenvalue weighted by molar-refractivity contribution is -0.140. The molecule has 3 saturated heterocycles. The molecule has 16 heteroatoms. The second-order valence-corrected chi connectivity index (χ2v) is 17.7. The summed E-state index contributed by atoms with van der Waals surface area (Å²) in [5.74, 6) is 0.155. The first-order chi connectivity index (χ1) is 29.8. The highest BCUT2D eigenvalue weighted by Gasteiger charge is 2.40. The first-order valence-corrected chi connectivity index (χ1v) is 22.0. The molecule has 0 unspecified atom stereocenters. The Morgan fingerprint density at radius 1 is 0.952 bits per heavy atom. The van der Waals surface area contributed by atoms with Gasteiger partial charge in [-0.25, -0.2) is 14.4 Å². The first kappa shape index (κ1) is 44.9. The highest BCUT2D eigenvalue weighted by Crippen LogP contribution is 2.37. The minimum atomic E-state index is -0.705. The van der Waals surface area contributed by atoms with Gasteiger partial charge in [0.05, 0.1) is 68.4 Å². The van der Waals surface area contributed by atoms with Crippen molar-refractivity contribution in [1.29, 1.82) is 0 Å². The number of hydrogen-bond acceptors (Lipinski definition) is 11. The predicted molar refractivity (Wildman–Crippen MR) is 235 cm³/mol. The number of fused-ring (bicyclic) bond motifs is 1. The fourth-order valence-electron chi connectivity index (χ4n) is 8.71. The summed E-state index contributed by atoms with van der Waals surface area (Å²) < 4.78 is 27.4. The molecule has 0 bridgehead atoms. The zero-order chi connectivity index (χ0) is 43.8. The Hall–Kier alpha value is -5.16. The lowest BCUT2D eigenvalue weighted by Gasteiger charge is -2.35. The second kappa shape index (κ2) is 20.4. The van der Waals surface area contributed by atoms with Crippen molar-refractivity contribution in [3.63, 3.8) is 0 Å². The van der Waals surface area contributed by atoms with Crippen LogP contribution >= 0.6 is 0 Å². The molecule has 4 aromatic rings. The van der Waals surface area contributed by atoms with E-state index in [0.717, 1.165) is 79.7 Å². The smallest absolute Gasteiger partial charge is 0.246 e. The number of pyridine rings is 2. The van der Waals surface area contributed by atoms with Crippen LogP contribution in [0, 0.1) is 11.2 Å². The van der Waals surface area contributed by atoms with E-state index in [9.17, 15) is 23.9 Å². The van der Waals surface area contributed by atoms with Crippen molar-refractivity contribution in [3.05, 3.63) is 78.4 Å². The lowest BCUT2D eigenvalue weighted by atomic mass is 9.85. The van der Waals surface area contributed by atoms with Crippen LogP contribution in [-0.2, 0) is 23.9 Å². The van der Waals surface area contributed by atoms with E-state index in [1.165, 1.54) is 6.07 Å². The van der Waals surface area contributed by atoms with Crippen molar-refractivity contribution in [2.45, 2.75) is 77.6 Å².